The lowest BCUT2D eigenvalue weighted by atomic mass is 10.1. The molecule has 134 valence electrons. The molecule has 9 heteroatoms. The molecule has 26 heavy (non-hydrogen) atoms. The minimum absolute atomic E-state index is 0.113. The lowest BCUT2D eigenvalue weighted by Crippen LogP contribution is -2.35. The summed E-state index contributed by atoms with van der Waals surface area (Å²) in [7, 11) is 0. The number of rotatable bonds is 6. The van der Waals surface area contributed by atoms with Gasteiger partial charge in [0.1, 0.15) is 5.82 Å². The maximum Gasteiger partial charge on any atom is 0.273 e. The predicted molar refractivity (Wildman–Crippen MR) is 92.3 cm³/mol. The first-order chi connectivity index (χ1) is 12.4. The molecule has 2 aromatic carbocycles. The zero-order chi connectivity index (χ0) is 19.1. The zero-order valence-corrected chi connectivity index (χ0v) is 13.7. The van der Waals surface area contributed by atoms with E-state index >= 15 is 0 Å². The minimum atomic E-state index is -0.608. The van der Waals surface area contributed by atoms with Crippen LogP contribution in [0.3, 0.4) is 0 Å². The van der Waals surface area contributed by atoms with Gasteiger partial charge in [-0.1, -0.05) is 18.2 Å². The van der Waals surface area contributed by atoms with Crippen LogP contribution in [0.2, 0.25) is 0 Å². The van der Waals surface area contributed by atoms with Crippen molar-refractivity contribution in [3.05, 3.63) is 75.1 Å². The molecule has 0 aliphatic heterocycles. The fraction of sp³-hybridized carbons (Fsp3) is 0.118. The number of nitro groups is 1. The molecule has 0 spiro atoms. The van der Waals surface area contributed by atoms with E-state index in [1.54, 1.807) is 0 Å². The summed E-state index contributed by atoms with van der Waals surface area (Å²) in [4.78, 5) is 34.1. The van der Waals surface area contributed by atoms with E-state index in [-0.39, 0.29) is 29.2 Å². The lowest BCUT2D eigenvalue weighted by molar-refractivity contribution is -0.385. The molecular formula is C17H15FN4O4. The summed E-state index contributed by atoms with van der Waals surface area (Å²) in [5, 5.41) is 16.9. The van der Waals surface area contributed by atoms with Crippen molar-refractivity contribution in [1.29, 1.82) is 0 Å². The van der Waals surface area contributed by atoms with Crippen LogP contribution in [-0.4, -0.2) is 29.5 Å². The van der Waals surface area contributed by atoms with Gasteiger partial charge in [-0.3, -0.25) is 19.7 Å². The van der Waals surface area contributed by atoms with Crippen LogP contribution in [0.5, 0.6) is 0 Å². The molecule has 0 unspecified atom stereocenters. The monoisotopic (exact) mass is 358 g/mol. The smallest absolute Gasteiger partial charge is 0.273 e. The lowest BCUT2D eigenvalue weighted by Gasteiger charge is -2.07. The van der Waals surface area contributed by atoms with Crippen LogP contribution >= 0.6 is 0 Å². The molecule has 0 aliphatic carbocycles. The van der Waals surface area contributed by atoms with Gasteiger partial charge in [-0.15, -0.1) is 0 Å². The number of hydrazone groups is 1. The molecule has 0 bridgehead atoms. The van der Waals surface area contributed by atoms with Crippen LogP contribution in [0, 0.1) is 22.9 Å². The molecular weight excluding hydrogens is 343 g/mol. The standard InChI is InChI=1S/C17H15FN4O4/c1-11-14(3-2-4-15(11)22(25)26)17(24)19-10-16(23)21-20-9-12-5-7-13(18)8-6-12/h2-9H,10H2,1H3,(H,19,24)(H,21,23)/b20-9-. The van der Waals surface area contributed by atoms with Crippen molar-refractivity contribution >= 4 is 23.7 Å². The second-order valence-electron chi connectivity index (χ2n) is 5.23. The third kappa shape index (κ3) is 4.94. The molecule has 2 rings (SSSR count). The summed E-state index contributed by atoms with van der Waals surface area (Å²) in [5.74, 6) is -1.58. The Labute approximate surface area is 147 Å². The van der Waals surface area contributed by atoms with Crippen molar-refractivity contribution in [3.63, 3.8) is 0 Å². The van der Waals surface area contributed by atoms with Crippen molar-refractivity contribution in [3.8, 4) is 0 Å². The number of hydrogen-bond donors (Lipinski definition) is 2. The van der Waals surface area contributed by atoms with Crippen molar-refractivity contribution in [1.82, 2.24) is 10.7 Å². The van der Waals surface area contributed by atoms with Crippen LogP contribution in [0.25, 0.3) is 0 Å². The minimum Gasteiger partial charge on any atom is -0.343 e. The number of benzene rings is 2. The van der Waals surface area contributed by atoms with Crippen LogP contribution in [-0.2, 0) is 4.79 Å². The number of hydrogen-bond acceptors (Lipinski definition) is 5. The maximum atomic E-state index is 12.8. The fourth-order valence-electron chi connectivity index (χ4n) is 2.09. The Morgan fingerprint density at radius 2 is 1.92 bits per heavy atom. The quantitative estimate of drug-likeness (QED) is 0.466. The molecule has 0 fully saturated rings. The van der Waals surface area contributed by atoms with E-state index in [4.69, 9.17) is 0 Å². The van der Waals surface area contributed by atoms with E-state index in [9.17, 15) is 24.1 Å². The third-order valence-corrected chi connectivity index (χ3v) is 3.43. The Bertz CT molecular complexity index is 866. The normalized spacial score (nSPS) is 10.5. The first-order valence-corrected chi connectivity index (χ1v) is 7.48. The van der Waals surface area contributed by atoms with Gasteiger partial charge < -0.3 is 5.32 Å². The summed E-state index contributed by atoms with van der Waals surface area (Å²) in [6.07, 6.45) is 1.32. The summed E-state index contributed by atoms with van der Waals surface area (Å²) < 4.78 is 12.8. The molecule has 0 aliphatic rings. The molecule has 2 N–H and O–H groups in total. The van der Waals surface area contributed by atoms with E-state index in [1.807, 2.05) is 0 Å². The predicted octanol–water partition coefficient (Wildman–Crippen LogP) is 1.92. The maximum absolute atomic E-state index is 12.8. The highest BCUT2D eigenvalue weighted by molar-refractivity contribution is 5.98. The van der Waals surface area contributed by atoms with Gasteiger partial charge in [0, 0.05) is 17.2 Å². The van der Waals surface area contributed by atoms with Gasteiger partial charge in [-0.2, -0.15) is 5.10 Å². The number of carbonyl (C=O) groups is 2. The van der Waals surface area contributed by atoms with E-state index in [2.05, 4.69) is 15.8 Å². The van der Waals surface area contributed by atoms with Crippen LogP contribution in [0.1, 0.15) is 21.5 Å². The zero-order valence-electron chi connectivity index (χ0n) is 13.7. The highest BCUT2D eigenvalue weighted by atomic mass is 19.1. The Morgan fingerprint density at radius 1 is 1.23 bits per heavy atom. The Balaban J connectivity index is 1.89. The summed E-state index contributed by atoms with van der Waals surface area (Å²) in [6.45, 7) is 1.10. The molecule has 0 atom stereocenters. The summed E-state index contributed by atoms with van der Waals surface area (Å²) in [6, 6.07) is 9.60. The molecule has 0 saturated carbocycles. The molecule has 0 saturated heterocycles. The summed E-state index contributed by atoms with van der Waals surface area (Å²) in [5.41, 5.74) is 2.95. The Hall–Kier alpha value is -3.62. The first-order valence-electron chi connectivity index (χ1n) is 7.48. The Kier molecular flexibility index (Phi) is 6.10. The highest BCUT2D eigenvalue weighted by Gasteiger charge is 2.18. The van der Waals surface area contributed by atoms with Gasteiger partial charge in [-0.25, -0.2) is 9.82 Å². The van der Waals surface area contributed by atoms with E-state index < -0.39 is 16.7 Å². The van der Waals surface area contributed by atoms with E-state index in [0.29, 0.717) is 5.56 Å². The number of nitro benzene ring substituents is 1. The number of carbonyl (C=O) groups excluding carboxylic acids is 2. The average molecular weight is 358 g/mol. The van der Waals surface area contributed by atoms with Crippen LogP contribution in [0.15, 0.2) is 47.6 Å². The molecule has 2 amide bonds. The third-order valence-electron chi connectivity index (χ3n) is 3.43. The number of amides is 2. The van der Waals surface area contributed by atoms with Crippen LogP contribution in [0.4, 0.5) is 10.1 Å². The second kappa shape index (κ2) is 8.47. The topological polar surface area (TPSA) is 114 Å². The van der Waals surface area contributed by atoms with Crippen molar-refractivity contribution in [2.75, 3.05) is 6.54 Å². The van der Waals surface area contributed by atoms with Crippen LogP contribution < -0.4 is 10.7 Å². The second-order valence-corrected chi connectivity index (χ2v) is 5.23. The molecule has 0 aromatic heterocycles. The molecule has 0 radical (unpaired) electrons. The summed E-state index contributed by atoms with van der Waals surface area (Å²) >= 11 is 0. The van der Waals surface area contributed by atoms with Gasteiger partial charge in [0.15, 0.2) is 0 Å². The van der Waals surface area contributed by atoms with Crippen molar-refractivity contribution in [2.45, 2.75) is 6.92 Å². The van der Waals surface area contributed by atoms with Gasteiger partial charge in [0.2, 0.25) is 0 Å². The molecule has 0 heterocycles. The number of nitrogens with zero attached hydrogens (tertiary/aromatic N) is 2. The van der Waals surface area contributed by atoms with Gasteiger partial charge in [0.05, 0.1) is 17.7 Å². The molecule has 2 aromatic rings. The SMILES string of the molecule is Cc1c(C(=O)NCC(=O)N/N=C\c2ccc(F)cc2)cccc1[N+](=O)[O-]. The van der Waals surface area contributed by atoms with Crippen molar-refractivity contribution < 1.29 is 18.9 Å². The van der Waals surface area contributed by atoms with Gasteiger partial charge in [-0.05, 0) is 30.7 Å². The molecule has 8 nitrogen and oxygen atoms in total. The number of nitrogens with one attached hydrogen (secondary N) is 2. The van der Waals surface area contributed by atoms with Gasteiger partial charge >= 0.3 is 0 Å². The van der Waals surface area contributed by atoms with Gasteiger partial charge in [0.25, 0.3) is 17.5 Å². The van der Waals surface area contributed by atoms with Crippen molar-refractivity contribution in [2.24, 2.45) is 5.10 Å². The Morgan fingerprint density at radius 3 is 2.58 bits per heavy atom. The van der Waals surface area contributed by atoms with E-state index in [1.165, 1.54) is 55.6 Å². The number of halogens is 1. The highest BCUT2D eigenvalue weighted by Crippen LogP contribution is 2.20. The average Bonchev–Trinajstić information content (AvgIpc) is 2.61. The first kappa shape index (κ1) is 18.7. The largest absolute Gasteiger partial charge is 0.343 e. The fourth-order valence-corrected chi connectivity index (χ4v) is 2.09. The van der Waals surface area contributed by atoms with E-state index in [0.717, 1.165) is 0 Å².